The normalized spacial score (nSPS) is 21.5. The van der Waals surface area contributed by atoms with Crippen LogP contribution in [0.1, 0.15) is 56.7 Å². The molecule has 140 valence electrons. The molecule has 1 fully saturated rings. The van der Waals surface area contributed by atoms with Crippen molar-refractivity contribution in [1.29, 1.82) is 0 Å². The van der Waals surface area contributed by atoms with Gasteiger partial charge in [0, 0.05) is 48.7 Å². The van der Waals surface area contributed by atoms with Crippen molar-refractivity contribution in [3.63, 3.8) is 0 Å². The Kier molecular flexibility index (Phi) is 3.53. The minimum atomic E-state index is 0.0235. The minimum Gasteiger partial charge on any atom is -0.368 e. The van der Waals surface area contributed by atoms with E-state index in [1.165, 1.54) is 11.3 Å². The van der Waals surface area contributed by atoms with Crippen LogP contribution in [0.2, 0.25) is 0 Å². The molecule has 3 aromatic heterocycles. The molecule has 0 saturated carbocycles. The predicted octanol–water partition coefficient (Wildman–Crippen LogP) is 3.14. The standard InChI is InChI=1S/C20H24N6O/c1-20(2,3)15-10-23-19(25(15)4)17-13-9-12-5-6-14(27-12)18(13)26(24-17)16-11-21-7-8-22-16/h7-8,10-12,14H,5-6,9H2,1-4H3. The van der Waals surface area contributed by atoms with Gasteiger partial charge in [0.15, 0.2) is 11.6 Å². The van der Waals surface area contributed by atoms with Gasteiger partial charge in [-0.25, -0.2) is 14.6 Å². The SMILES string of the molecule is Cn1c(C(C)(C)C)cnc1-c1nn(-c2cnccn2)c2c1CC1CCC2O1. The molecule has 27 heavy (non-hydrogen) atoms. The van der Waals surface area contributed by atoms with E-state index in [4.69, 9.17) is 14.8 Å². The van der Waals surface area contributed by atoms with Crippen LogP contribution in [0, 0.1) is 0 Å². The van der Waals surface area contributed by atoms with Crippen LogP contribution in [0.25, 0.3) is 17.3 Å². The van der Waals surface area contributed by atoms with Gasteiger partial charge in [-0.3, -0.25) is 4.98 Å². The Morgan fingerprint density at radius 1 is 1.11 bits per heavy atom. The molecule has 1 saturated heterocycles. The van der Waals surface area contributed by atoms with Crippen LogP contribution in [0.4, 0.5) is 0 Å². The van der Waals surface area contributed by atoms with E-state index in [1.54, 1.807) is 18.6 Å². The molecule has 0 N–H and O–H groups in total. The van der Waals surface area contributed by atoms with Crippen LogP contribution in [-0.4, -0.2) is 35.4 Å². The molecule has 7 nitrogen and oxygen atoms in total. The zero-order valence-electron chi connectivity index (χ0n) is 16.2. The summed E-state index contributed by atoms with van der Waals surface area (Å²) < 4.78 is 10.3. The fraction of sp³-hybridized carbons (Fsp3) is 0.500. The van der Waals surface area contributed by atoms with Gasteiger partial charge in [0.2, 0.25) is 0 Å². The smallest absolute Gasteiger partial charge is 0.172 e. The molecule has 7 heteroatoms. The fourth-order valence-electron chi connectivity index (χ4n) is 4.36. The molecule has 0 aromatic carbocycles. The monoisotopic (exact) mass is 364 g/mol. The van der Waals surface area contributed by atoms with E-state index < -0.39 is 0 Å². The lowest BCUT2D eigenvalue weighted by Gasteiger charge is -2.22. The van der Waals surface area contributed by atoms with Crippen LogP contribution in [0.15, 0.2) is 24.8 Å². The molecule has 0 spiro atoms. The molecule has 3 aromatic rings. The van der Waals surface area contributed by atoms with Gasteiger partial charge in [0.25, 0.3) is 0 Å². The van der Waals surface area contributed by atoms with Gasteiger partial charge in [-0.1, -0.05) is 20.8 Å². The topological polar surface area (TPSA) is 70.7 Å². The minimum absolute atomic E-state index is 0.0235. The fourth-order valence-corrected chi connectivity index (χ4v) is 4.36. The Balaban J connectivity index is 1.72. The molecule has 2 atom stereocenters. The van der Waals surface area contributed by atoms with Crippen LogP contribution >= 0.6 is 0 Å². The highest BCUT2D eigenvalue weighted by Crippen LogP contribution is 2.45. The van der Waals surface area contributed by atoms with Crippen molar-refractivity contribution in [3.05, 3.63) is 41.7 Å². The lowest BCUT2D eigenvalue weighted by atomic mass is 9.93. The largest absolute Gasteiger partial charge is 0.368 e. The summed E-state index contributed by atoms with van der Waals surface area (Å²) in [6.45, 7) is 6.61. The maximum absolute atomic E-state index is 6.19. The maximum atomic E-state index is 6.19. The lowest BCUT2D eigenvalue weighted by molar-refractivity contribution is 0.0287. The summed E-state index contributed by atoms with van der Waals surface area (Å²) in [7, 11) is 2.07. The Morgan fingerprint density at radius 3 is 2.67 bits per heavy atom. The number of aromatic nitrogens is 6. The third kappa shape index (κ3) is 2.52. The molecule has 0 aliphatic carbocycles. The second-order valence-electron chi connectivity index (χ2n) is 8.49. The quantitative estimate of drug-likeness (QED) is 0.699. The average molecular weight is 364 g/mol. The molecule has 2 aliphatic heterocycles. The van der Waals surface area contributed by atoms with Crippen LogP contribution in [-0.2, 0) is 23.6 Å². The van der Waals surface area contributed by atoms with Gasteiger partial charge >= 0.3 is 0 Å². The van der Waals surface area contributed by atoms with Crippen molar-refractivity contribution in [2.24, 2.45) is 7.05 Å². The Bertz CT molecular complexity index is 998. The predicted molar refractivity (Wildman–Crippen MR) is 101 cm³/mol. The molecule has 0 amide bonds. The number of nitrogens with zero attached hydrogens (tertiary/aromatic N) is 6. The van der Waals surface area contributed by atoms with Gasteiger partial charge in [0.05, 0.1) is 18.0 Å². The zero-order chi connectivity index (χ0) is 18.8. The highest BCUT2D eigenvalue weighted by molar-refractivity contribution is 5.60. The van der Waals surface area contributed by atoms with Crippen molar-refractivity contribution in [2.45, 2.75) is 57.7 Å². The first kappa shape index (κ1) is 16.6. The maximum Gasteiger partial charge on any atom is 0.172 e. The summed E-state index contributed by atoms with van der Waals surface area (Å²) in [6, 6.07) is 0. The van der Waals surface area contributed by atoms with Gasteiger partial charge < -0.3 is 9.30 Å². The van der Waals surface area contributed by atoms with Crippen molar-refractivity contribution in [2.75, 3.05) is 0 Å². The number of imidazole rings is 1. The Morgan fingerprint density at radius 2 is 1.96 bits per heavy atom. The van der Waals surface area contributed by atoms with E-state index in [2.05, 4.69) is 42.4 Å². The van der Waals surface area contributed by atoms with E-state index in [9.17, 15) is 0 Å². The van der Waals surface area contributed by atoms with Gasteiger partial charge in [-0.05, 0) is 12.8 Å². The van der Waals surface area contributed by atoms with Gasteiger partial charge in [-0.2, -0.15) is 5.10 Å². The summed E-state index contributed by atoms with van der Waals surface area (Å²) in [6.07, 6.45) is 10.4. The summed E-state index contributed by atoms with van der Waals surface area (Å²) in [4.78, 5) is 13.4. The first-order chi connectivity index (χ1) is 12.9. The first-order valence-electron chi connectivity index (χ1n) is 9.49. The second-order valence-corrected chi connectivity index (χ2v) is 8.49. The van der Waals surface area contributed by atoms with E-state index >= 15 is 0 Å². The highest BCUT2D eigenvalue weighted by atomic mass is 16.5. The Hall–Kier alpha value is -2.54. The zero-order valence-corrected chi connectivity index (χ0v) is 16.2. The number of fused-ring (bicyclic) bond motifs is 4. The molecule has 2 bridgehead atoms. The molecular weight excluding hydrogens is 340 g/mol. The van der Waals surface area contributed by atoms with Crippen LogP contribution in [0.5, 0.6) is 0 Å². The van der Waals surface area contributed by atoms with Crippen molar-refractivity contribution in [1.82, 2.24) is 29.3 Å². The molecular formula is C20H24N6O. The number of hydrogen-bond acceptors (Lipinski definition) is 5. The molecule has 0 radical (unpaired) electrons. The van der Waals surface area contributed by atoms with Crippen molar-refractivity contribution >= 4 is 0 Å². The summed E-state index contributed by atoms with van der Waals surface area (Å²) in [5, 5.41) is 4.96. The number of rotatable bonds is 2. The summed E-state index contributed by atoms with van der Waals surface area (Å²) in [5.41, 5.74) is 4.51. The molecule has 5 rings (SSSR count). The van der Waals surface area contributed by atoms with E-state index in [0.717, 1.165) is 42.3 Å². The van der Waals surface area contributed by atoms with Crippen LogP contribution in [0.3, 0.4) is 0 Å². The van der Waals surface area contributed by atoms with Gasteiger partial charge in [-0.15, -0.1) is 0 Å². The van der Waals surface area contributed by atoms with Gasteiger partial charge in [0.1, 0.15) is 11.8 Å². The highest BCUT2D eigenvalue weighted by Gasteiger charge is 2.40. The molecule has 2 aliphatic rings. The first-order valence-corrected chi connectivity index (χ1v) is 9.49. The van der Waals surface area contributed by atoms with Crippen molar-refractivity contribution in [3.8, 4) is 17.3 Å². The van der Waals surface area contributed by atoms with E-state index in [1.807, 2.05) is 10.9 Å². The Labute approximate surface area is 158 Å². The lowest BCUT2D eigenvalue weighted by Crippen LogP contribution is -2.20. The second kappa shape index (κ2) is 5.73. The van der Waals surface area contributed by atoms with E-state index in [0.29, 0.717) is 0 Å². The number of ether oxygens (including phenoxy) is 1. The molecule has 5 heterocycles. The summed E-state index contributed by atoms with van der Waals surface area (Å²) >= 11 is 0. The van der Waals surface area contributed by atoms with Crippen molar-refractivity contribution < 1.29 is 4.74 Å². The summed E-state index contributed by atoms with van der Waals surface area (Å²) in [5.74, 6) is 1.62. The number of hydrogen-bond donors (Lipinski definition) is 0. The molecule has 2 unspecified atom stereocenters. The van der Waals surface area contributed by atoms with Crippen LogP contribution < -0.4 is 0 Å². The third-order valence-corrected chi connectivity index (χ3v) is 5.60. The van der Waals surface area contributed by atoms with E-state index in [-0.39, 0.29) is 17.6 Å². The average Bonchev–Trinajstić information content (AvgIpc) is 3.31. The third-order valence-electron chi connectivity index (χ3n) is 5.60.